The number of likely N-dealkylation sites (N-methyl/N-ethyl adjacent to an activating group) is 1. The Balaban J connectivity index is 3.30. The van der Waals surface area contributed by atoms with Gasteiger partial charge in [0.2, 0.25) is 10.0 Å². The van der Waals surface area contributed by atoms with Crippen LogP contribution in [0.25, 0.3) is 0 Å². The van der Waals surface area contributed by atoms with Crippen LogP contribution in [0.15, 0.2) is 23.1 Å². The first-order chi connectivity index (χ1) is 10.2. The lowest BCUT2D eigenvalue weighted by molar-refractivity contribution is -0.142. The smallest absolute Gasteiger partial charge is 0.322 e. The van der Waals surface area contributed by atoms with Gasteiger partial charge < -0.3 is 5.11 Å². The third-order valence-electron chi connectivity index (χ3n) is 3.58. The molecule has 0 aliphatic heterocycles. The van der Waals surface area contributed by atoms with Crippen molar-refractivity contribution in [1.82, 2.24) is 4.31 Å². The van der Waals surface area contributed by atoms with Gasteiger partial charge in [-0.1, -0.05) is 20.3 Å². The van der Waals surface area contributed by atoms with Crippen LogP contribution in [0.5, 0.6) is 0 Å². The van der Waals surface area contributed by atoms with Crippen molar-refractivity contribution in [2.24, 2.45) is 5.92 Å². The summed E-state index contributed by atoms with van der Waals surface area (Å²) in [7, 11) is -3.00. The highest BCUT2D eigenvalue weighted by molar-refractivity contribution is 7.89. The van der Waals surface area contributed by atoms with Gasteiger partial charge in [-0.25, -0.2) is 12.8 Å². The van der Waals surface area contributed by atoms with E-state index in [0.717, 1.165) is 29.6 Å². The van der Waals surface area contributed by atoms with Gasteiger partial charge in [0.15, 0.2) is 0 Å². The Morgan fingerprint density at radius 2 is 2.09 bits per heavy atom. The summed E-state index contributed by atoms with van der Waals surface area (Å²) in [5, 5.41) is 9.28. The monoisotopic (exact) mass is 326 g/mol. The Hall–Kier alpha value is -1.91. The molecule has 1 rings (SSSR count). The Kier molecular flexibility index (Phi) is 5.69. The van der Waals surface area contributed by atoms with Crippen LogP contribution in [0.3, 0.4) is 0 Å². The van der Waals surface area contributed by atoms with E-state index in [1.54, 1.807) is 13.8 Å². The Morgan fingerprint density at radius 3 is 2.50 bits per heavy atom. The second-order valence-electron chi connectivity index (χ2n) is 4.96. The first-order valence-electron chi connectivity index (χ1n) is 6.59. The molecule has 0 heterocycles. The van der Waals surface area contributed by atoms with E-state index in [4.69, 9.17) is 6.42 Å². The third kappa shape index (κ3) is 3.46. The van der Waals surface area contributed by atoms with Crippen LogP contribution >= 0.6 is 0 Å². The standard InChI is InChI=1S/C15H17FNO4S/c1-5-10(3)14(15(18)19)17(4)22(20,21)12-8-7-11(6-2)13(16)9-12/h7-10,14H,5H2,1,3-4H3,(H,18,19). The maximum Gasteiger partial charge on any atom is 0.322 e. The molecule has 0 saturated carbocycles. The number of halogens is 1. The molecule has 0 saturated heterocycles. The van der Waals surface area contributed by atoms with Gasteiger partial charge in [-0.15, -0.1) is 0 Å². The second-order valence-corrected chi connectivity index (χ2v) is 6.95. The summed E-state index contributed by atoms with van der Waals surface area (Å²) in [5.41, 5.74) is -0.168. The molecule has 2 unspecified atom stereocenters. The molecule has 0 fully saturated rings. The molecule has 1 radical (unpaired) electrons. The van der Waals surface area contributed by atoms with Gasteiger partial charge in [-0.3, -0.25) is 4.79 Å². The quantitative estimate of drug-likeness (QED) is 0.810. The molecule has 119 valence electrons. The van der Waals surface area contributed by atoms with Crippen molar-refractivity contribution in [3.63, 3.8) is 0 Å². The lowest BCUT2D eigenvalue weighted by atomic mass is 10.00. The maximum atomic E-state index is 13.6. The number of rotatable bonds is 6. The van der Waals surface area contributed by atoms with Gasteiger partial charge in [0.25, 0.3) is 0 Å². The fourth-order valence-electron chi connectivity index (χ4n) is 2.05. The van der Waals surface area contributed by atoms with E-state index in [1.807, 2.05) is 5.92 Å². The molecule has 0 aromatic heterocycles. The van der Waals surface area contributed by atoms with E-state index in [2.05, 4.69) is 0 Å². The summed E-state index contributed by atoms with van der Waals surface area (Å²) in [4.78, 5) is 11.0. The minimum absolute atomic E-state index is 0.168. The van der Waals surface area contributed by atoms with Crippen LogP contribution in [0, 0.1) is 24.1 Å². The number of carboxylic acid groups (broad SMARTS) is 1. The Labute approximate surface area is 129 Å². The zero-order chi connectivity index (χ0) is 17.1. The fraction of sp³-hybridized carbons (Fsp3) is 0.400. The molecule has 0 bridgehead atoms. The van der Waals surface area contributed by atoms with E-state index >= 15 is 0 Å². The number of benzene rings is 1. The zero-order valence-corrected chi connectivity index (χ0v) is 13.3. The lowest BCUT2D eigenvalue weighted by Gasteiger charge is -2.28. The zero-order valence-electron chi connectivity index (χ0n) is 12.5. The molecule has 0 aliphatic rings. The minimum atomic E-state index is -4.16. The Morgan fingerprint density at radius 1 is 1.50 bits per heavy atom. The molecule has 0 aliphatic carbocycles. The lowest BCUT2D eigenvalue weighted by Crippen LogP contribution is -2.46. The maximum absolute atomic E-state index is 13.6. The number of carboxylic acids is 1. The molecule has 1 aromatic rings. The predicted octanol–water partition coefficient (Wildman–Crippen LogP) is 1.88. The van der Waals surface area contributed by atoms with Gasteiger partial charge in [0, 0.05) is 7.05 Å². The summed E-state index contributed by atoms with van der Waals surface area (Å²) in [5.74, 6) is -0.724. The van der Waals surface area contributed by atoms with Gasteiger partial charge in [-0.2, -0.15) is 4.31 Å². The van der Waals surface area contributed by atoms with Crippen LogP contribution in [0.1, 0.15) is 25.8 Å². The van der Waals surface area contributed by atoms with E-state index in [1.165, 1.54) is 0 Å². The van der Waals surface area contributed by atoms with Gasteiger partial charge >= 0.3 is 5.97 Å². The highest BCUT2D eigenvalue weighted by atomic mass is 32.2. The molecule has 22 heavy (non-hydrogen) atoms. The third-order valence-corrected chi connectivity index (χ3v) is 5.41. The molecule has 7 heteroatoms. The van der Waals surface area contributed by atoms with Crippen molar-refractivity contribution in [3.8, 4) is 5.92 Å². The molecular formula is C15H17FNO4S. The highest BCUT2D eigenvalue weighted by Gasteiger charge is 2.36. The van der Waals surface area contributed by atoms with Crippen LogP contribution in [-0.2, 0) is 14.8 Å². The first kappa shape index (κ1) is 18.1. The van der Waals surface area contributed by atoms with Crippen molar-refractivity contribution in [3.05, 3.63) is 36.0 Å². The number of aliphatic carboxylic acids is 1. The number of hydrogen-bond donors (Lipinski definition) is 1. The molecule has 0 spiro atoms. The van der Waals surface area contributed by atoms with Gasteiger partial charge in [0.05, 0.1) is 10.5 Å². The summed E-state index contributed by atoms with van der Waals surface area (Å²) in [6, 6.07) is 1.76. The average Bonchev–Trinajstić information content (AvgIpc) is 2.46. The molecule has 1 aromatic carbocycles. The van der Waals surface area contributed by atoms with Crippen molar-refractivity contribution in [2.45, 2.75) is 31.2 Å². The SMILES string of the molecule is [C]#Cc1ccc(S(=O)(=O)N(C)C(C(=O)O)C(C)CC)cc1F. The largest absolute Gasteiger partial charge is 0.480 e. The number of sulfonamides is 1. The number of hydrogen-bond acceptors (Lipinski definition) is 3. The van der Waals surface area contributed by atoms with Crippen molar-refractivity contribution in [1.29, 1.82) is 0 Å². The summed E-state index contributed by atoms with van der Waals surface area (Å²) >= 11 is 0. The second kappa shape index (κ2) is 6.90. The van der Waals surface area contributed by atoms with Crippen molar-refractivity contribution in [2.75, 3.05) is 7.05 Å². The summed E-state index contributed by atoms with van der Waals surface area (Å²) < 4.78 is 39.3. The van der Waals surface area contributed by atoms with E-state index < -0.39 is 33.8 Å². The van der Waals surface area contributed by atoms with Crippen LogP contribution in [-0.4, -0.2) is 36.9 Å². The summed E-state index contributed by atoms with van der Waals surface area (Å²) in [6.45, 7) is 3.40. The normalized spacial score (nSPS) is 14.4. The van der Waals surface area contributed by atoms with Gasteiger partial charge in [-0.05, 0) is 36.5 Å². The van der Waals surface area contributed by atoms with E-state index in [9.17, 15) is 22.7 Å². The van der Waals surface area contributed by atoms with Crippen molar-refractivity contribution < 1.29 is 22.7 Å². The van der Waals surface area contributed by atoms with Crippen LogP contribution < -0.4 is 0 Å². The first-order valence-corrected chi connectivity index (χ1v) is 8.03. The van der Waals surface area contributed by atoms with Crippen molar-refractivity contribution >= 4 is 16.0 Å². The topological polar surface area (TPSA) is 74.7 Å². The van der Waals surface area contributed by atoms with E-state index in [0.29, 0.717) is 6.42 Å². The Bertz CT molecular complexity index is 709. The molecule has 2 atom stereocenters. The number of carbonyl (C=O) groups is 1. The predicted molar refractivity (Wildman–Crippen MR) is 78.5 cm³/mol. The molecule has 1 N–H and O–H groups in total. The minimum Gasteiger partial charge on any atom is -0.480 e. The van der Waals surface area contributed by atoms with E-state index in [-0.39, 0.29) is 10.5 Å². The summed E-state index contributed by atoms with van der Waals surface area (Å²) in [6.07, 6.45) is 7.35. The van der Waals surface area contributed by atoms with Crippen LogP contribution in [0.4, 0.5) is 4.39 Å². The fourth-order valence-corrected chi connectivity index (χ4v) is 3.48. The molecule has 0 amide bonds. The number of nitrogens with zero attached hydrogens (tertiary/aromatic N) is 1. The molecule has 5 nitrogen and oxygen atoms in total. The molecular weight excluding hydrogens is 309 g/mol. The van der Waals surface area contributed by atoms with Gasteiger partial charge in [0.1, 0.15) is 11.9 Å². The average molecular weight is 326 g/mol. The van der Waals surface area contributed by atoms with Crippen LogP contribution in [0.2, 0.25) is 0 Å². The highest BCUT2D eigenvalue weighted by Crippen LogP contribution is 2.23.